The number of aliphatic imine (C=N–C) groups is 1. The van der Waals surface area contributed by atoms with Gasteiger partial charge in [0.1, 0.15) is 11.7 Å². The van der Waals surface area contributed by atoms with E-state index in [1.807, 2.05) is 0 Å². The predicted octanol–water partition coefficient (Wildman–Crippen LogP) is 3.86. The van der Waals surface area contributed by atoms with Crippen LogP contribution in [0, 0.1) is 5.82 Å². The third kappa shape index (κ3) is 2.95. The Bertz CT molecular complexity index is 404. The van der Waals surface area contributed by atoms with Crippen LogP contribution in [0.4, 0.5) is 10.1 Å². The number of amidine groups is 1. The van der Waals surface area contributed by atoms with Gasteiger partial charge >= 0.3 is 0 Å². The Morgan fingerprint density at radius 1 is 1.25 bits per heavy atom. The maximum absolute atomic E-state index is 13.5. The predicted molar refractivity (Wildman–Crippen MR) is 65.8 cm³/mol. The standard InChI is InChI=1S/C12H14ClFN2/c13-9-5-6-11(10(14)8-9)16-12-4-2-1-3-7-15-12/h5-6,8H,1-4,7H2,(H,15,16). The van der Waals surface area contributed by atoms with Crippen molar-refractivity contribution in [1.82, 2.24) is 0 Å². The minimum absolute atomic E-state index is 0.334. The largest absolute Gasteiger partial charge is 0.342 e. The monoisotopic (exact) mass is 240 g/mol. The van der Waals surface area contributed by atoms with E-state index < -0.39 is 0 Å². The van der Waals surface area contributed by atoms with Crippen LogP contribution in [-0.4, -0.2) is 12.4 Å². The molecule has 0 atom stereocenters. The molecule has 0 amide bonds. The van der Waals surface area contributed by atoms with Gasteiger partial charge in [-0.3, -0.25) is 4.99 Å². The van der Waals surface area contributed by atoms with Gasteiger partial charge in [-0.05, 0) is 31.0 Å². The summed E-state index contributed by atoms with van der Waals surface area (Å²) < 4.78 is 13.5. The molecule has 0 saturated heterocycles. The number of hydrogen-bond acceptors (Lipinski definition) is 2. The van der Waals surface area contributed by atoms with Gasteiger partial charge in [0.05, 0.1) is 5.69 Å². The summed E-state index contributed by atoms with van der Waals surface area (Å²) in [5.74, 6) is 0.540. The maximum atomic E-state index is 13.5. The van der Waals surface area contributed by atoms with Crippen molar-refractivity contribution in [3.05, 3.63) is 29.0 Å². The molecule has 1 heterocycles. The highest BCUT2D eigenvalue weighted by molar-refractivity contribution is 6.30. The van der Waals surface area contributed by atoms with E-state index in [9.17, 15) is 4.39 Å². The first kappa shape index (κ1) is 11.4. The summed E-state index contributed by atoms with van der Waals surface area (Å²) in [6.07, 6.45) is 4.31. The zero-order valence-corrected chi connectivity index (χ0v) is 9.73. The lowest BCUT2D eigenvalue weighted by molar-refractivity contribution is 0.632. The second-order valence-electron chi connectivity index (χ2n) is 3.89. The minimum atomic E-state index is -0.334. The molecule has 0 saturated carbocycles. The van der Waals surface area contributed by atoms with E-state index in [4.69, 9.17) is 11.6 Å². The zero-order chi connectivity index (χ0) is 11.4. The minimum Gasteiger partial charge on any atom is -0.342 e. The van der Waals surface area contributed by atoms with E-state index in [2.05, 4.69) is 10.3 Å². The molecule has 1 aliphatic rings. The van der Waals surface area contributed by atoms with Gasteiger partial charge in [0, 0.05) is 18.0 Å². The van der Waals surface area contributed by atoms with Crippen molar-refractivity contribution in [3.8, 4) is 0 Å². The fraction of sp³-hybridized carbons (Fsp3) is 0.417. The average Bonchev–Trinajstić information content (AvgIpc) is 2.51. The van der Waals surface area contributed by atoms with Gasteiger partial charge in [-0.25, -0.2) is 4.39 Å². The first-order chi connectivity index (χ1) is 7.75. The molecule has 1 aromatic rings. The number of rotatable bonds is 1. The van der Waals surface area contributed by atoms with E-state index in [-0.39, 0.29) is 5.82 Å². The third-order valence-corrected chi connectivity index (χ3v) is 2.82. The lowest BCUT2D eigenvalue weighted by Gasteiger charge is -2.09. The smallest absolute Gasteiger partial charge is 0.148 e. The Labute approximate surface area is 99.5 Å². The summed E-state index contributed by atoms with van der Waals surface area (Å²) in [6, 6.07) is 4.62. The lowest BCUT2D eigenvalue weighted by Crippen LogP contribution is -2.12. The van der Waals surface area contributed by atoms with Gasteiger partial charge in [0.2, 0.25) is 0 Å². The van der Waals surface area contributed by atoms with E-state index in [1.54, 1.807) is 12.1 Å². The molecular weight excluding hydrogens is 227 g/mol. The molecule has 0 aliphatic carbocycles. The van der Waals surface area contributed by atoms with Crippen LogP contribution in [0.2, 0.25) is 5.02 Å². The molecule has 0 bridgehead atoms. The van der Waals surface area contributed by atoms with E-state index in [0.29, 0.717) is 10.7 Å². The van der Waals surface area contributed by atoms with Crippen molar-refractivity contribution in [2.45, 2.75) is 25.7 Å². The second kappa shape index (κ2) is 5.30. The summed E-state index contributed by atoms with van der Waals surface area (Å²) in [6.45, 7) is 0.831. The number of benzene rings is 1. The van der Waals surface area contributed by atoms with Crippen LogP contribution in [0.3, 0.4) is 0 Å². The van der Waals surface area contributed by atoms with Crippen molar-refractivity contribution < 1.29 is 4.39 Å². The summed E-state index contributed by atoms with van der Waals surface area (Å²) in [7, 11) is 0. The normalized spacial score (nSPS) is 16.5. The molecular formula is C12H14ClFN2. The summed E-state index contributed by atoms with van der Waals surface area (Å²) in [5.41, 5.74) is 0.449. The Kier molecular flexibility index (Phi) is 3.78. The topological polar surface area (TPSA) is 24.4 Å². The highest BCUT2D eigenvalue weighted by Gasteiger charge is 2.07. The van der Waals surface area contributed by atoms with Gasteiger partial charge in [-0.15, -0.1) is 0 Å². The number of nitrogens with zero attached hydrogens (tertiary/aromatic N) is 1. The Hall–Kier alpha value is -1.09. The first-order valence-corrected chi connectivity index (χ1v) is 5.89. The van der Waals surface area contributed by atoms with Crippen LogP contribution < -0.4 is 5.32 Å². The van der Waals surface area contributed by atoms with Crippen molar-refractivity contribution in [2.24, 2.45) is 4.99 Å². The Morgan fingerprint density at radius 2 is 2.12 bits per heavy atom. The van der Waals surface area contributed by atoms with E-state index in [0.717, 1.165) is 31.6 Å². The van der Waals surface area contributed by atoms with Crippen molar-refractivity contribution in [2.75, 3.05) is 11.9 Å². The molecule has 16 heavy (non-hydrogen) atoms. The van der Waals surface area contributed by atoms with Gasteiger partial charge in [0.25, 0.3) is 0 Å². The van der Waals surface area contributed by atoms with Crippen molar-refractivity contribution in [1.29, 1.82) is 0 Å². The molecule has 0 aromatic heterocycles. The summed E-state index contributed by atoms with van der Waals surface area (Å²) in [4.78, 5) is 4.39. The molecule has 0 unspecified atom stereocenters. The van der Waals surface area contributed by atoms with Crippen LogP contribution in [0.15, 0.2) is 23.2 Å². The van der Waals surface area contributed by atoms with Crippen LogP contribution in [-0.2, 0) is 0 Å². The van der Waals surface area contributed by atoms with Crippen molar-refractivity contribution in [3.63, 3.8) is 0 Å². The molecule has 0 fully saturated rings. The molecule has 2 rings (SSSR count). The molecule has 1 aliphatic heterocycles. The molecule has 1 aromatic carbocycles. The summed E-state index contributed by atoms with van der Waals surface area (Å²) >= 11 is 5.69. The molecule has 4 heteroatoms. The van der Waals surface area contributed by atoms with Crippen LogP contribution in [0.1, 0.15) is 25.7 Å². The highest BCUT2D eigenvalue weighted by Crippen LogP contribution is 2.20. The average molecular weight is 241 g/mol. The summed E-state index contributed by atoms with van der Waals surface area (Å²) in [5, 5.41) is 3.44. The number of hydrogen-bond donors (Lipinski definition) is 1. The van der Waals surface area contributed by atoms with Crippen LogP contribution >= 0.6 is 11.6 Å². The quantitative estimate of drug-likeness (QED) is 0.792. The molecule has 0 radical (unpaired) electrons. The van der Waals surface area contributed by atoms with Crippen LogP contribution in [0.5, 0.6) is 0 Å². The van der Waals surface area contributed by atoms with Gasteiger partial charge in [-0.2, -0.15) is 0 Å². The third-order valence-electron chi connectivity index (χ3n) is 2.58. The van der Waals surface area contributed by atoms with Crippen LogP contribution in [0.25, 0.3) is 0 Å². The number of halogens is 2. The van der Waals surface area contributed by atoms with E-state index in [1.165, 1.54) is 12.5 Å². The SMILES string of the molecule is Fc1cc(Cl)ccc1NC1=NCCCCC1. The molecule has 86 valence electrons. The highest BCUT2D eigenvalue weighted by atomic mass is 35.5. The Balaban J connectivity index is 2.10. The zero-order valence-electron chi connectivity index (χ0n) is 8.97. The van der Waals surface area contributed by atoms with Gasteiger partial charge in [-0.1, -0.05) is 18.0 Å². The second-order valence-corrected chi connectivity index (χ2v) is 4.32. The maximum Gasteiger partial charge on any atom is 0.148 e. The lowest BCUT2D eigenvalue weighted by atomic mass is 10.2. The van der Waals surface area contributed by atoms with Gasteiger partial charge < -0.3 is 5.32 Å². The number of anilines is 1. The fourth-order valence-corrected chi connectivity index (χ4v) is 1.88. The molecule has 0 spiro atoms. The van der Waals surface area contributed by atoms with Crippen molar-refractivity contribution >= 4 is 23.1 Å². The molecule has 1 N–H and O–H groups in total. The van der Waals surface area contributed by atoms with E-state index >= 15 is 0 Å². The Morgan fingerprint density at radius 3 is 2.94 bits per heavy atom. The molecule has 2 nitrogen and oxygen atoms in total. The van der Waals surface area contributed by atoms with Gasteiger partial charge in [0.15, 0.2) is 0 Å². The first-order valence-electron chi connectivity index (χ1n) is 5.51. The number of nitrogens with one attached hydrogen (secondary N) is 1. The fourth-order valence-electron chi connectivity index (χ4n) is 1.72.